The van der Waals surface area contributed by atoms with Crippen LogP contribution in [0.3, 0.4) is 0 Å². The van der Waals surface area contributed by atoms with Gasteiger partial charge in [-0.05, 0) is 24.6 Å². The highest BCUT2D eigenvalue weighted by Gasteiger charge is 2.22. The molecule has 4 N–H and O–H groups in total. The van der Waals surface area contributed by atoms with Crippen LogP contribution >= 0.6 is 0 Å². The quantitative estimate of drug-likeness (QED) is 0.672. The maximum atomic E-state index is 13.4. The van der Waals surface area contributed by atoms with Gasteiger partial charge in [-0.15, -0.1) is 0 Å². The second kappa shape index (κ2) is 5.44. The topological polar surface area (TPSA) is 92.4 Å². The van der Waals surface area contributed by atoms with Crippen LogP contribution in [-0.2, 0) is 10.0 Å². The highest BCUT2D eigenvalue weighted by Crippen LogP contribution is 2.17. The van der Waals surface area contributed by atoms with Gasteiger partial charge < -0.3 is 10.8 Å². The molecule has 0 bridgehead atoms. The largest absolute Gasteiger partial charge is 0.399 e. The molecule has 1 unspecified atom stereocenters. The fourth-order valence-corrected chi connectivity index (χ4v) is 2.64. The molecule has 7 heteroatoms. The molecule has 1 aromatic rings. The third-order valence-corrected chi connectivity index (χ3v) is 3.83. The molecule has 0 amide bonds. The second-order valence-electron chi connectivity index (χ2n) is 3.60. The van der Waals surface area contributed by atoms with Crippen LogP contribution in [0.4, 0.5) is 10.1 Å². The van der Waals surface area contributed by atoms with Crippen LogP contribution < -0.4 is 10.5 Å². The van der Waals surface area contributed by atoms with Gasteiger partial charge in [0.05, 0.1) is 6.61 Å². The molecule has 0 saturated carbocycles. The number of aliphatic hydroxyl groups excluding tert-OH is 1. The summed E-state index contributed by atoms with van der Waals surface area (Å²) in [5, 5.41) is 8.91. The van der Waals surface area contributed by atoms with E-state index in [0.717, 1.165) is 12.1 Å². The highest BCUT2D eigenvalue weighted by atomic mass is 32.2. The van der Waals surface area contributed by atoms with Crippen molar-refractivity contribution in [3.05, 3.63) is 24.0 Å². The van der Waals surface area contributed by atoms with Crippen molar-refractivity contribution < 1.29 is 17.9 Å². The molecule has 0 aliphatic carbocycles. The Kier molecular flexibility index (Phi) is 4.44. The first kappa shape index (κ1) is 13.9. The van der Waals surface area contributed by atoms with Gasteiger partial charge in [0.15, 0.2) is 0 Å². The Hall–Kier alpha value is -1.18. The lowest BCUT2D eigenvalue weighted by atomic mass is 10.3. The number of nitrogen functional groups attached to an aromatic ring is 1. The Morgan fingerprint density at radius 3 is 2.65 bits per heavy atom. The number of hydrogen-bond donors (Lipinski definition) is 3. The number of nitrogens with two attached hydrogens (primary N) is 1. The van der Waals surface area contributed by atoms with Gasteiger partial charge in [-0.3, -0.25) is 0 Å². The number of anilines is 1. The van der Waals surface area contributed by atoms with E-state index in [0.29, 0.717) is 6.42 Å². The average molecular weight is 262 g/mol. The van der Waals surface area contributed by atoms with Crippen LogP contribution in [-0.4, -0.2) is 26.2 Å². The number of benzene rings is 1. The lowest BCUT2D eigenvalue weighted by Crippen LogP contribution is -2.37. The van der Waals surface area contributed by atoms with E-state index in [-0.39, 0.29) is 12.3 Å². The maximum absolute atomic E-state index is 13.4. The van der Waals surface area contributed by atoms with Crippen molar-refractivity contribution in [2.45, 2.75) is 24.3 Å². The van der Waals surface area contributed by atoms with Crippen LogP contribution in [0, 0.1) is 5.82 Å². The molecule has 96 valence electrons. The molecule has 1 atom stereocenters. The third-order valence-electron chi connectivity index (χ3n) is 2.28. The normalized spacial score (nSPS) is 13.6. The highest BCUT2D eigenvalue weighted by molar-refractivity contribution is 7.89. The summed E-state index contributed by atoms with van der Waals surface area (Å²) in [7, 11) is -3.97. The van der Waals surface area contributed by atoms with Crippen LogP contribution in [0.25, 0.3) is 0 Å². The maximum Gasteiger partial charge on any atom is 0.243 e. The van der Waals surface area contributed by atoms with Crippen molar-refractivity contribution >= 4 is 15.7 Å². The van der Waals surface area contributed by atoms with Crippen molar-refractivity contribution in [2.24, 2.45) is 0 Å². The summed E-state index contributed by atoms with van der Waals surface area (Å²) in [6, 6.07) is 2.71. The fraction of sp³-hybridized carbons (Fsp3) is 0.400. The predicted molar refractivity (Wildman–Crippen MR) is 62.3 cm³/mol. The summed E-state index contributed by atoms with van der Waals surface area (Å²) in [5.41, 5.74) is 5.48. The molecule has 0 aromatic heterocycles. The van der Waals surface area contributed by atoms with Crippen LogP contribution in [0.15, 0.2) is 23.1 Å². The minimum atomic E-state index is -3.97. The van der Waals surface area contributed by atoms with Crippen LogP contribution in [0.2, 0.25) is 0 Å². The Morgan fingerprint density at radius 1 is 1.53 bits per heavy atom. The van der Waals surface area contributed by atoms with Gasteiger partial charge in [-0.2, -0.15) is 0 Å². The molecule has 0 fully saturated rings. The van der Waals surface area contributed by atoms with Crippen molar-refractivity contribution in [1.29, 1.82) is 0 Å². The lowest BCUT2D eigenvalue weighted by molar-refractivity contribution is 0.253. The Labute approximate surface area is 99.5 Å². The number of nitrogens with one attached hydrogen (secondary N) is 1. The number of hydrogen-bond acceptors (Lipinski definition) is 4. The lowest BCUT2D eigenvalue weighted by Gasteiger charge is -2.14. The van der Waals surface area contributed by atoms with Gasteiger partial charge in [-0.1, -0.05) is 6.92 Å². The number of sulfonamides is 1. The smallest absolute Gasteiger partial charge is 0.243 e. The summed E-state index contributed by atoms with van der Waals surface area (Å²) in [5.74, 6) is -0.912. The number of halogens is 1. The zero-order chi connectivity index (χ0) is 13.1. The Morgan fingerprint density at radius 2 is 2.18 bits per heavy atom. The molecule has 1 aromatic carbocycles. The summed E-state index contributed by atoms with van der Waals surface area (Å²) in [4.78, 5) is -0.474. The molecule has 0 radical (unpaired) electrons. The van der Waals surface area contributed by atoms with Crippen molar-refractivity contribution in [3.63, 3.8) is 0 Å². The molecular formula is C10H15FN2O3S. The van der Waals surface area contributed by atoms with Gasteiger partial charge in [0.1, 0.15) is 10.7 Å². The summed E-state index contributed by atoms with van der Waals surface area (Å²) in [6.07, 6.45) is 0.409. The fourth-order valence-electron chi connectivity index (χ4n) is 1.27. The average Bonchev–Trinajstić information content (AvgIpc) is 2.25. The summed E-state index contributed by atoms with van der Waals surface area (Å²) >= 11 is 0. The van der Waals surface area contributed by atoms with E-state index in [1.165, 1.54) is 6.07 Å². The van der Waals surface area contributed by atoms with Gasteiger partial charge in [0.25, 0.3) is 0 Å². The molecule has 1 rings (SSSR count). The Balaban J connectivity index is 3.05. The molecule has 0 aliphatic heterocycles. The molecule has 0 spiro atoms. The predicted octanol–water partition coefficient (Wildman–Crippen LogP) is 0.457. The van der Waals surface area contributed by atoms with Crippen molar-refractivity contribution in [2.75, 3.05) is 12.3 Å². The standard InChI is InChI=1S/C10H15FN2O3S/c1-2-8(6-14)13-17(15,16)10-4-3-7(12)5-9(10)11/h3-5,8,13-14H,2,6,12H2,1H3. The molecule has 0 heterocycles. The van der Waals surface area contributed by atoms with E-state index in [1.807, 2.05) is 0 Å². The van der Waals surface area contributed by atoms with E-state index in [4.69, 9.17) is 10.8 Å². The second-order valence-corrected chi connectivity index (χ2v) is 5.28. The third kappa shape index (κ3) is 3.39. The van der Waals surface area contributed by atoms with Gasteiger partial charge in [0, 0.05) is 11.7 Å². The molecular weight excluding hydrogens is 247 g/mol. The van der Waals surface area contributed by atoms with Crippen molar-refractivity contribution in [1.82, 2.24) is 4.72 Å². The minimum absolute atomic E-state index is 0.149. The number of rotatable bonds is 5. The van der Waals surface area contributed by atoms with E-state index in [1.54, 1.807) is 6.92 Å². The molecule has 17 heavy (non-hydrogen) atoms. The summed E-state index contributed by atoms with van der Waals surface area (Å²) in [6.45, 7) is 1.37. The van der Waals surface area contributed by atoms with Crippen molar-refractivity contribution in [3.8, 4) is 0 Å². The minimum Gasteiger partial charge on any atom is -0.399 e. The number of aliphatic hydroxyl groups is 1. The molecule has 5 nitrogen and oxygen atoms in total. The van der Waals surface area contributed by atoms with Gasteiger partial charge in [0.2, 0.25) is 10.0 Å². The molecule has 0 saturated heterocycles. The van der Waals surface area contributed by atoms with E-state index < -0.39 is 26.8 Å². The molecule has 0 aliphatic rings. The van der Waals surface area contributed by atoms with Gasteiger partial charge in [-0.25, -0.2) is 17.5 Å². The SMILES string of the molecule is CCC(CO)NS(=O)(=O)c1ccc(N)cc1F. The zero-order valence-corrected chi connectivity index (χ0v) is 10.2. The summed E-state index contributed by atoms with van der Waals surface area (Å²) < 4.78 is 39.2. The van der Waals surface area contributed by atoms with E-state index >= 15 is 0 Å². The Bertz CT molecular complexity index is 486. The van der Waals surface area contributed by atoms with Gasteiger partial charge >= 0.3 is 0 Å². The first-order chi connectivity index (χ1) is 7.90. The van der Waals surface area contributed by atoms with E-state index in [2.05, 4.69) is 4.72 Å². The van der Waals surface area contributed by atoms with Crippen LogP contribution in [0.1, 0.15) is 13.3 Å². The van der Waals surface area contributed by atoms with E-state index in [9.17, 15) is 12.8 Å². The monoisotopic (exact) mass is 262 g/mol. The van der Waals surface area contributed by atoms with Crippen LogP contribution in [0.5, 0.6) is 0 Å². The zero-order valence-electron chi connectivity index (χ0n) is 9.35. The first-order valence-corrected chi connectivity index (χ1v) is 6.57. The first-order valence-electron chi connectivity index (χ1n) is 5.09.